The highest BCUT2D eigenvalue weighted by Gasteiger charge is 2.19. The molecule has 0 saturated heterocycles. The molecule has 7 heteroatoms. The van der Waals surface area contributed by atoms with Crippen LogP contribution in [0, 0.1) is 10.1 Å². The Morgan fingerprint density at radius 2 is 2.00 bits per heavy atom. The first-order chi connectivity index (χ1) is 10.1. The van der Waals surface area contributed by atoms with Gasteiger partial charge in [0, 0.05) is 6.07 Å². The Morgan fingerprint density at radius 3 is 2.62 bits per heavy atom. The second kappa shape index (κ2) is 6.67. The minimum atomic E-state index is -0.536. The normalized spacial score (nSPS) is 11.9. The molecular weight excluding hydrogens is 272 g/mol. The maximum atomic E-state index is 11.0. The average molecular weight is 288 g/mol. The van der Waals surface area contributed by atoms with E-state index in [2.05, 4.69) is 10.3 Å². The number of aromatic nitrogens is 1. The smallest absolute Gasteiger partial charge is 0.311 e. The molecule has 110 valence electrons. The number of anilines is 2. The minimum Gasteiger partial charge on any atom is -0.394 e. The molecule has 0 bridgehead atoms. The van der Waals surface area contributed by atoms with Gasteiger partial charge in [0.1, 0.15) is 5.82 Å². The van der Waals surface area contributed by atoms with Crippen LogP contribution in [0.4, 0.5) is 17.3 Å². The fraction of sp³-hybridized carbons (Fsp3) is 0.214. The summed E-state index contributed by atoms with van der Waals surface area (Å²) in [6.07, 6.45) is 0.519. The van der Waals surface area contributed by atoms with Crippen LogP contribution in [0.1, 0.15) is 5.56 Å². The SMILES string of the molecule is Nc1ccc([N+](=O)[O-])c(NC(CO)Cc2ccccc2)n1. The first-order valence-corrected chi connectivity index (χ1v) is 6.42. The Hall–Kier alpha value is -2.67. The number of nitrogens with two attached hydrogens (primary N) is 1. The van der Waals surface area contributed by atoms with E-state index in [1.807, 2.05) is 30.3 Å². The van der Waals surface area contributed by atoms with E-state index in [4.69, 9.17) is 5.73 Å². The molecule has 1 heterocycles. The lowest BCUT2D eigenvalue weighted by Crippen LogP contribution is -2.27. The van der Waals surface area contributed by atoms with Crippen molar-refractivity contribution in [2.24, 2.45) is 0 Å². The molecule has 2 aromatic rings. The van der Waals surface area contributed by atoms with Crippen molar-refractivity contribution in [3.63, 3.8) is 0 Å². The third-order valence-electron chi connectivity index (χ3n) is 2.98. The van der Waals surface area contributed by atoms with Gasteiger partial charge in [-0.05, 0) is 18.1 Å². The number of nitro groups is 1. The zero-order chi connectivity index (χ0) is 15.2. The molecule has 4 N–H and O–H groups in total. The van der Waals surface area contributed by atoms with Crippen LogP contribution in [0.5, 0.6) is 0 Å². The lowest BCUT2D eigenvalue weighted by molar-refractivity contribution is -0.384. The van der Waals surface area contributed by atoms with Gasteiger partial charge in [-0.1, -0.05) is 30.3 Å². The molecule has 2 rings (SSSR count). The summed E-state index contributed by atoms with van der Waals surface area (Å²) < 4.78 is 0. The predicted octanol–water partition coefficient (Wildman–Crippen LogP) is 1.59. The van der Waals surface area contributed by atoms with E-state index in [1.54, 1.807) is 0 Å². The molecular formula is C14H16N4O3. The molecule has 1 unspecified atom stereocenters. The van der Waals surface area contributed by atoms with Gasteiger partial charge in [0.2, 0.25) is 5.82 Å². The molecule has 1 atom stereocenters. The Balaban J connectivity index is 2.18. The van der Waals surface area contributed by atoms with E-state index in [0.717, 1.165) is 5.56 Å². The number of hydrogen-bond acceptors (Lipinski definition) is 6. The average Bonchev–Trinajstić information content (AvgIpc) is 2.47. The largest absolute Gasteiger partial charge is 0.394 e. The van der Waals surface area contributed by atoms with E-state index in [0.29, 0.717) is 6.42 Å². The van der Waals surface area contributed by atoms with Crippen molar-refractivity contribution < 1.29 is 10.0 Å². The molecule has 7 nitrogen and oxygen atoms in total. The first-order valence-electron chi connectivity index (χ1n) is 6.42. The summed E-state index contributed by atoms with van der Waals surface area (Å²) in [6, 6.07) is 11.8. The van der Waals surface area contributed by atoms with Gasteiger partial charge in [-0.3, -0.25) is 10.1 Å². The Bertz CT molecular complexity index is 619. The molecule has 1 aromatic carbocycles. The topological polar surface area (TPSA) is 114 Å². The van der Waals surface area contributed by atoms with Crippen molar-refractivity contribution in [3.8, 4) is 0 Å². The molecule has 21 heavy (non-hydrogen) atoms. The van der Waals surface area contributed by atoms with Crippen molar-refractivity contribution in [3.05, 3.63) is 58.1 Å². The van der Waals surface area contributed by atoms with Crippen molar-refractivity contribution in [1.82, 2.24) is 4.98 Å². The molecule has 0 radical (unpaired) electrons. The molecule has 0 fully saturated rings. The monoisotopic (exact) mass is 288 g/mol. The standard InChI is InChI=1S/C14H16N4O3/c15-13-7-6-12(18(20)21)14(17-13)16-11(9-19)8-10-4-2-1-3-5-10/h1-7,11,19H,8-9H2,(H3,15,16,17). The second-order valence-electron chi connectivity index (χ2n) is 4.57. The Morgan fingerprint density at radius 1 is 1.29 bits per heavy atom. The highest BCUT2D eigenvalue weighted by atomic mass is 16.6. The summed E-state index contributed by atoms with van der Waals surface area (Å²) in [7, 11) is 0. The maximum absolute atomic E-state index is 11.0. The highest BCUT2D eigenvalue weighted by molar-refractivity contribution is 5.59. The summed E-state index contributed by atoms with van der Waals surface area (Å²) >= 11 is 0. The highest BCUT2D eigenvalue weighted by Crippen LogP contribution is 2.24. The van der Waals surface area contributed by atoms with Crippen molar-refractivity contribution in [1.29, 1.82) is 0 Å². The van der Waals surface area contributed by atoms with Gasteiger partial charge < -0.3 is 16.2 Å². The van der Waals surface area contributed by atoms with Crippen LogP contribution in [-0.4, -0.2) is 27.7 Å². The molecule has 0 amide bonds. The van der Waals surface area contributed by atoms with Gasteiger partial charge in [0.25, 0.3) is 0 Å². The number of nitrogens with zero attached hydrogens (tertiary/aromatic N) is 2. The molecule has 0 aliphatic heterocycles. The predicted molar refractivity (Wildman–Crippen MR) is 79.9 cm³/mol. The zero-order valence-electron chi connectivity index (χ0n) is 11.3. The van der Waals surface area contributed by atoms with Crippen molar-refractivity contribution in [2.75, 3.05) is 17.7 Å². The molecule has 1 aromatic heterocycles. The number of benzene rings is 1. The summed E-state index contributed by atoms with van der Waals surface area (Å²) in [6.45, 7) is -0.178. The van der Waals surface area contributed by atoms with E-state index in [-0.39, 0.29) is 30.0 Å². The molecule has 0 aliphatic carbocycles. The van der Waals surface area contributed by atoms with E-state index in [9.17, 15) is 15.2 Å². The minimum absolute atomic E-state index is 0.0648. The van der Waals surface area contributed by atoms with Gasteiger partial charge >= 0.3 is 5.69 Å². The van der Waals surface area contributed by atoms with Crippen LogP contribution >= 0.6 is 0 Å². The zero-order valence-corrected chi connectivity index (χ0v) is 11.3. The third kappa shape index (κ3) is 3.90. The third-order valence-corrected chi connectivity index (χ3v) is 2.98. The lowest BCUT2D eigenvalue weighted by atomic mass is 10.1. The number of aliphatic hydroxyl groups excluding tert-OH is 1. The summed E-state index contributed by atoms with van der Waals surface area (Å²) in [4.78, 5) is 14.4. The summed E-state index contributed by atoms with van der Waals surface area (Å²) in [5, 5.41) is 23.3. The number of nitrogens with one attached hydrogen (secondary N) is 1. The number of aliphatic hydroxyl groups is 1. The van der Waals surface area contributed by atoms with Crippen LogP contribution < -0.4 is 11.1 Å². The van der Waals surface area contributed by atoms with Crippen LogP contribution in [0.15, 0.2) is 42.5 Å². The van der Waals surface area contributed by atoms with Crippen LogP contribution in [0.3, 0.4) is 0 Å². The van der Waals surface area contributed by atoms with Crippen LogP contribution in [-0.2, 0) is 6.42 Å². The number of nitrogen functional groups attached to an aromatic ring is 1. The van der Waals surface area contributed by atoms with E-state index in [1.165, 1.54) is 12.1 Å². The number of pyridine rings is 1. The fourth-order valence-corrected chi connectivity index (χ4v) is 1.97. The first kappa shape index (κ1) is 14.7. The van der Waals surface area contributed by atoms with Gasteiger partial charge in [-0.25, -0.2) is 4.98 Å². The van der Waals surface area contributed by atoms with Gasteiger partial charge in [0.15, 0.2) is 0 Å². The summed E-state index contributed by atoms with van der Waals surface area (Å²) in [5.41, 5.74) is 6.40. The fourth-order valence-electron chi connectivity index (χ4n) is 1.97. The Labute approximate surface area is 121 Å². The summed E-state index contributed by atoms with van der Waals surface area (Å²) in [5.74, 6) is 0.245. The van der Waals surface area contributed by atoms with E-state index < -0.39 is 4.92 Å². The van der Waals surface area contributed by atoms with Gasteiger partial charge in [-0.15, -0.1) is 0 Å². The van der Waals surface area contributed by atoms with Crippen molar-refractivity contribution in [2.45, 2.75) is 12.5 Å². The van der Waals surface area contributed by atoms with Crippen LogP contribution in [0.2, 0.25) is 0 Å². The van der Waals surface area contributed by atoms with E-state index >= 15 is 0 Å². The molecule has 0 aliphatic rings. The maximum Gasteiger partial charge on any atom is 0.311 e. The molecule has 0 spiro atoms. The number of hydrogen-bond donors (Lipinski definition) is 3. The van der Waals surface area contributed by atoms with Crippen LogP contribution in [0.25, 0.3) is 0 Å². The molecule has 0 saturated carbocycles. The second-order valence-corrected chi connectivity index (χ2v) is 4.57. The van der Waals surface area contributed by atoms with Crippen molar-refractivity contribution >= 4 is 17.3 Å². The van der Waals surface area contributed by atoms with Gasteiger partial charge in [0.05, 0.1) is 17.6 Å². The Kier molecular flexibility index (Phi) is 4.68. The quantitative estimate of drug-likeness (QED) is 0.549. The lowest BCUT2D eigenvalue weighted by Gasteiger charge is -2.17. The number of rotatable bonds is 6. The van der Waals surface area contributed by atoms with Gasteiger partial charge in [-0.2, -0.15) is 0 Å².